The Morgan fingerprint density at radius 1 is 1.04 bits per heavy atom. The first kappa shape index (κ1) is 31.2. The van der Waals surface area contributed by atoms with Crippen molar-refractivity contribution in [3.05, 3.63) is 52.2 Å². The van der Waals surface area contributed by atoms with Gasteiger partial charge in [-0.3, -0.25) is 6.08 Å². The van der Waals surface area contributed by atoms with Crippen molar-refractivity contribution in [3.8, 4) is 0 Å². The average molecular weight is 466 g/mol. The first-order chi connectivity index (χ1) is 10.4. The van der Waals surface area contributed by atoms with Gasteiger partial charge in [-0.05, 0) is 13.8 Å². The summed E-state index contributed by atoms with van der Waals surface area (Å²) < 4.78 is 0. The Bertz CT molecular complexity index is 591. The van der Waals surface area contributed by atoms with Crippen molar-refractivity contribution in [2.75, 3.05) is 0 Å². The third-order valence-electron chi connectivity index (χ3n) is 4.95. The monoisotopic (exact) mass is 464 g/mol. The van der Waals surface area contributed by atoms with Gasteiger partial charge in [0, 0.05) is 8.07 Å². The van der Waals surface area contributed by atoms with E-state index >= 15 is 0 Å². The van der Waals surface area contributed by atoms with Crippen LogP contribution >= 0.6 is 0 Å². The largest absolute Gasteiger partial charge is 4.00 e. The number of unbranched alkanes of at least 4 members (excludes halogenated alkanes) is 1. The van der Waals surface area contributed by atoms with Crippen molar-refractivity contribution in [2.45, 2.75) is 66.5 Å². The van der Waals surface area contributed by atoms with Crippen LogP contribution in [0.3, 0.4) is 0 Å². The van der Waals surface area contributed by atoms with Crippen LogP contribution in [0.25, 0.3) is 0 Å². The third kappa shape index (κ3) is 7.15. The van der Waals surface area contributed by atoms with Crippen molar-refractivity contribution in [2.24, 2.45) is 5.92 Å². The van der Waals surface area contributed by atoms with Gasteiger partial charge in [0.05, 0.1) is 0 Å². The van der Waals surface area contributed by atoms with Gasteiger partial charge in [-0.1, -0.05) is 86.6 Å². The molecule has 0 aromatic heterocycles. The molecule has 2 rings (SSSR count). The summed E-state index contributed by atoms with van der Waals surface area (Å²) in [6.45, 7) is 14.0. The molecule has 0 heterocycles. The molecule has 0 bridgehead atoms. The van der Waals surface area contributed by atoms with Gasteiger partial charge in [0.1, 0.15) is 0 Å². The number of hydrogen-bond donors (Lipinski definition) is 0. The summed E-state index contributed by atoms with van der Waals surface area (Å²) in [4.78, 5) is 0. The molecule has 0 fully saturated rings. The van der Waals surface area contributed by atoms with Crippen LogP contribution in [0.5, 0.6) is 0 Å². The van der Waals surface area contributed by atoms with Crippen LogP contribution in [-0.2, 0) is 21.7 Å². The fourth-order valence-electron chi connectivity index (χ4n) is 3.76. The van der Waals surface area contributed by atoms with Crippen molar-refractivity contribution in [1.82, 2.24) is 0 Å². The summed E-state index contributed by atoms with van der Waals surface area (Å²) in [5, 5.41) is 3.28. The van der Waals surface area contributed by atoms with Crippen LogP contribution in [0, 0.1) is 25.8 Å². The van der Waals surface area contributed by atoms with Crippen LogP contribution in [0.4, 0.5) is 0 Å². The zero-order chi connectivity index (χ0) is 16.3. The summed E-state index contributed by atoms with van der Waals surface area (Å²) in [5.41, 5.74) is 4.31. The van der Waals surface area contributed by atoms with Crippen molar-refractivity contribution >= 4 is 13.3 Å². The minimum Gasteiger partial charge on any atom is -1.00 e. The van der Waals surface area contributed by atoms with Crippen LogP contribution in [-0.4, -0.2) is 8.07 Å². The SMILES string of the molecule is CCCC[Si](C)(C1=CC[C-]=C1C(C)C)c1cc(C)cc(C)c1.[Cl-].[Cl-].[Cl-].[Ti+4]. The molecule has 1 atom stereocenters. The summed E-state index contributed by atoms with van der Waals surface area (Å²) >= 11 is 0. The molecule has 26 heavy (non-hydrogen) atoms. The molecule has 1 aromatic carbocycles. The maximum Gasteiger partial charge on any atom is 4.00 e. The molecule has 0 saturated heterocycles. The van der Waals surface area contributed by atoms with Crippen molar-refractivity contribution in [3.63, 3.8) is 0 Å². The van der Waals surface area contributed by atoms with Crippen LogP contribution in [0.1, 0.15) is 51.2 Å². The zero-order valence-electron chi connectivity index (χ0n) is 16.8. The van der Waals surface area contributed by atoms with Gasteiger partial charge in [0.25, 0.3) is 0 Å². The Morgan fingerprint density at radius 3 is 2.04 bits per heavy atom. The van der Waals surface area contributed by atoms with E-state index in [1.54, 1.807) is 10.4 Å². The Morgan fingerprint density at radius 2 is 1.58 bits per heavy atom. The predicted molar refractivity (Wildman–Crippen MR) is 101 cm³/mol. The van der Waals surface area contributed by atoms with Crippen molar-refractivity contribution in [1.29, 1.82) is 0 Å². The Balaban J connectivity index is -0.00000132. The van der Waals surface area contributed by atoms with E-state index in [-0.39, 0.29) is 58.9 Å². The van der Waals surface area contributed by atoms with Gasteiger partial charge >= 0.3 is 21.7 Å². The second-order valence-corrected chi connectivity index (χ2v) is 11.7. The first-order valence-electron chi connectivity index (χ1n) is 8.79. The Hall–Kier alpha value is 0.501. The normalized spacial score (nSPS) is 14.7. The second-order valence-electron chi connectivity index (χ2n) is 7.38. The van der Waals surface area contributed by atoms with E-state index < -0.39 is 8.07 Å². The fourth-order valence-corrected chi connectivity index (χ4v) is 8.31. The minimum atomic E-state index is -1.64. The number of aryl methyl sites for hydroxylation is 2. The van der Waals surface area contributed by atoms with E-state index in [0.29, 0.717) is 5.92 Å². The quantitative estimate of drug-likeness (QED) is 0.304. The topological polar surface area (TPSA) is 0 Å². The average Bonchev–Trinajstić information content (AvgIpc) is 2.94. The van der Waals surface area contributed by atoms with E-state index in [0.717, 1.165) is 6.42 Å². The molecular weight excluding hydrogens is 435 g/mol. The number of benzene rings is 1. The number of rotatable bonds is 6. The van der Waals surface area contributed by atoms with Gasteiger partial charge in [-0.2, -0.15) is 11.3 Å². The molecule has 0 nitrogen and oxygen atoms in total. The molecule has 0 radical (unpaired) electrons. The Labute approximate surface area is 195 Å². The predicted octanol–water partition coefficient (Wildman–Crippen LogP) is -3.35. The molecule has 144 valence electrons. The Kier molecular flexibility index (Phi) is 16.4. The van der Waals surface area contributed by atoms with Gasteiger partial charge < -0.3 is 37.2 Å². The molecule has 0 amide bonds. The van der Waals surface area contributed by atoms with E-state index in [1.165, 1.54) is 35.6 Å². The molecule has 0 N–H and O–H groups in total. The van der Waals surface area contributed by atoms with Gasteiger partial charge in [0.2, 0.25) is 0 Å². The molecule has 0 spiro atoms. The maximum absolute atomic E-state index is 3.65. The van der Waals surface area contributed by atoms with Gasteiger partial charge in [-0.25, -0.2) is 5.57 Å². The van der Waals surface area contributed by atoms with Crippen molar-refractivity contribution < 1.29 is 58.9 Å². The number of halogens is 3. The smallest absolute Gasteiger partial charge is 1.00 e. The van der Waals surface area contributed by atoms with Gasteiger partial charge in [0.15, 0.2) is 0 Å². The van der Waals surface area contributed by atoms with Gasteiger partial charge in [-0.15, -0.1) is 6.42 Å². The molecule has 1 aliphatic rings. The maximum atomic E-state index is 3.65. The summed E-state index contributed by atoms with van der Waals surface area (Å²) in [7, 11) is -1.64. The van der Waals surface area contributed by atoms with E-state index in [4.69, 9.17) is 0 Å². The van der Waals surface area contributed by atoms with E-state index in [1.807, 2.05) is 0 Å². The summed E-state index contributed by atoms with van der Waals surface area (Å²) in [5.74, 6) is 0.591. The number of hydrogen-bond acceptors (Lipinski definition) is 0. The van der Waals surface area contributed by atoms with Crippen LogP contribution in [0.15, 0.2) is 35.0 Å². The van der Waals surface area contributed by atoms with Crippen LogP contribution < -0.4 is 42.4 Å². The first-order valence-corrected chi connectivity index (χ1v) is 11.5. The molecule has 5 heteroatoms. The standard InChI is InChI=1S/C21H31Si.3ClH.Ti/c1-7-8-12-22(6,19-14-17(4)13-18(5)15-19)21-11-9-10-20(21)16(2)3;;;;/h11,13-16H,7-9,12H2,1-6H3;3*1H;/q-1;;;;+4/p-3. The zero-order valence-corrected chi connectivity index (χ0v) is 21.7. The summed E-state index contributed by atoms with van der Waals surface area (Å²) in [6.07, 6.45) is 9.76. The molecule has 1 aliphatic carbocycles. The van der Waals surface area contributed by atoms with E-state index in [9.17, 15) is 0 Å². The van der Waals surface area contributed by atoms with E-state index in [2.05, 4.69) is 71.5 Å². The fraction of sp³-hybridized carbons (Fsp3) is 0.524. The molecule has 0 saturated carbocycles. The third-order valence-corrected chi connectivity index (χ3v) is 9.53. The second kappa shape index (κ2) is 13.6. The molecular formula is C21H31Cl3SiTi. The summed E-state index contributed by atoms with van der Waals surface area (Å²) in [6, 6.07) is 8.56. The molecule has 0 aliphatic heterocycles. The minimum absolute atomic E-state index is 0. The van der Waals surface area contributed by atoms with Crippen LogP contribution in [0.2, 0.25) is 12.6 Å². The molecule has 1 unspecified atom stereocenters. The molecule has 1 aromatic rings. The number of allylic oxidation sites excluding steroid dienone is 4.